The number of amides is 1. The van der Waals surface area contributed by atoms with Crippen LogP contribution in [0.3, 0.4) is 0 Å². The molecule has 0 heterocycles. The maximum absolute atomic E-state index is 12.1. The van der Waals surface area contributed by atoms with Gasteiger partial charge in [-0.15, -0.1) is 0 Å². The van der Waals surface area contributed by atoms with Gasteiger partial charge in [-0.25, -0.2) is 0 Å². The quantitative estimate of drug-likeness (QED) is 0.670. The van der Waals surface area contributed by atoms with E-state index in [-0.39, 0.29) is 5.91 Å². The van der Waals surface area contributed by atoms with Crippen molar-refractivity contribution in [2.75, 3.05) is 6.54 Å². The van der Waals surface area contributed by atoms with E-state index in [9.17, 15) is 9.59 Å². The first-order chi connectivity index (χ1) is 8.81. The fraction of sp³-hybridized carbons (Fsp3) is 0.385. The molecule has 4 nitrogen and oxygen atoms in total. The third kappa shape index (κ3) is 3.81. The van der Waals surface area contributed by atoms with Gasteiger partial charge in [0.05, 0.1) is 18.7 Å². The van der Waals surface area contributed by atoms with E-state index < -0.39 is 8.07 Å². The molecule has 0 spiro atoms. The average Bonchev–Trinajstić information content (AvgIpc) is 2.27. The SMILES string of the molecule is CCNC(=O)c1c(Cl)cc(OC=O)cc1[Si](C)(C)C. The second-order valence-corrected chi connectivity index (χ2v) is 10.6. The Morgan fingerprint density at radius 1 is 1.42 bits per heavy atom. The fourth-order valence-corrected chi connectivity index (χ4v) is 3.72. The summed E-state index contributed by atoms with van der Waals surface area (Å²) in [7, 11) is -1.80. The van der Waals surface area contributed by atoms with Crippen LogP contribution in [0.2, 0.25) is 24.7 Å². The molecule has 0 atom stereocenters. The van der Waals surface area contributed by atoms with Gasteiger partial charge in [0.15, 0.2) is 0 Å². The van der Waals surface area contributed by atoms with Crippen LogP contribution in [-0.4, -0.2) is 27.0 Å². The fourth-order valence-electron chi connectivity index (χ4n) is 1.78. The molecule has 1 aromatic rings. The normalized spacial score (nSPS) is 11.0. The molecule has 0 fully saturated rings. The van der Waals surface area contributed by atoms with Crippen LogP contribution < -0.4 is 15.2 Å². The number of halogens is 1. The molecule has 0 aliphatic carbocycles. The molecule has 104 valence electrons. The van der Waals surface area contributed by atoms with Crippen LogP contribution in [0.15, 0.2) is 12.1 Å². The van der Waals surface area contributed by atoms with E-state index in [0.717, 1.165) is 5.19 Å². The Balaban J connectivity index is 3.43. The summed E-state index contributed by atoms with van der Waals surface area (Å²) >= 11 is 6.17. The van der Waals surface area contributed by atoms with Gasteiger partial charge < -0.3 is 10.1 Å². The minimum atomic E-state index is -1.80. The van der Waals surface area contributed by atoms with Gasteiger partial charge in [0.1, 0.15) is 5.75 Å². The average molecular weight is 300 g/mol. The molecule has 1 amide bonds. The zero-order valence-electron chi connectivity index (χ0n) is 11.5. The summed E-state index contributed by atoms with van der Waals surface area (Å²) in [6, 6.07) is 3.22. The smallest absolute Gasteiger partial charge is 0.298 e. The maximum atomic E-state index is 12.1. The summed E-state index contributed by atoms with van der Waals surface area (Å²) in [6.07, 6.45) is 0. The Morgan fingerprint density at radius 2 is 2.05 bits per heavy atom. The Morgan fingerprint density at radius 3 is 2.53 bits per heavy atom. The molecule has 6 heteroatoms. The van der Waals surface area contributed by atoms with Gasteiger partial charge in [0.2, 0.25) is 0 Å². The first-order valence-electron chi connectivity index (χ1n) is 6.03. The number of hydrogen-bond acceptors (Lipinski definition) is 3. The number of rotatable bonds is 5. The van der Waals surface area contributed by atoms with E-state index in [1.54, 1.807) is 6.07 Å². The zero-order chi connectivity index (χ0) is 14.6. The standard InChI is InChI=1S/C13H18ClNO3Si/c1-5-15-13(17)12-10(14)6-9(18-8-16)7-11(12)19(2,3)4/h6-8H,5H2,1-4H3,(H,15,17). The van der Waals surface area contributed by atoms with Gasteiger partial charge in [-0.05, 0) is 18.2 Å². The van der Waals surface area contributed by atoms with Crippen molar-refractivity contribution in [2.45, 2.75) is 26.6 Å². The molecular weight excluding hydrogens is 282 g/mol. The topological polar surface area (TPSA) is 55.4 Å². The van der Waals surface area contributed by atoms with Crippen molar-refractivity contribution in [3.63, 3.8) is 0 Å². The highest BCUT2D eigenvalue weighted by Gasteiger charge is 2.26. The number of carbonyl (C=O) groups excluding carboxylic acids is 2. The lowest BCUT2D eigenvalue weighted by atomic mass is 10.2. The third-order valence-electron chi connectivity index (χ3n) is 2.62. The van der Waals surface area contributed by atoms with Crippen LogP contribution in [0.4, 0.5) is 0 Å². The highest BCUT2D eigenvalue weighted by atomic mass is 35.5. The first-order valence-corrected chi connectivity index (χ1v) is 9.91. The summed E-state index contributed by atoms with van der Waals surface area (Å²) < 4.78 is 4.84. The second kappa shape index (κ2) is 6.21. The minimum Gasteiger partial charge on any atom is -0.429 e. The minimum absolute atomic E-state index is 0.192. The van der Waals surface area contributed by atoms with Crippen molar-refractivity contribution >= 4 is 37.2 Å². The van der Waals surface area contributed by atoms with E-state index in [2.05, 4.69) is 25.0 Å². The third-order valence-corrected chi connectivity index (χ3v) is 4.93. The predicted octanol–water partition coefficient (Wildman–Crippen LogP) is 2.17. The summed E-state index contributed by atoms with van der Waals surface area (Å²) in [5, 5.41) is 3.94. The van der Waals surface area contributed by atoms with Crippen LogP contribution in [0.5, 0.6) is 5.75 Å². The lowest BCUT2D eigenvalue weighted by Crippen LogP contribution is -2.43. The van der Waals surface area contributed by atoms with Crippen molar-refractivity contribution in [1.82, 2.24) is 5.32 Å². The predicted molar refractivity (Wildman–Crippen MR) is 79.1 cm³/mol. The summed E-state index contributed by atoms with van der Waals surface area (Å²) in [5.41, 5.74) is 0.487. The molecule has 1 N–H and O–H groups in total. The molecule has 0 bridgehead atoms. The van der Waals surface area contributed by atoms with Crippen molar-refractivity contribution in [3.05, 3.63) is 22.7 Å². The van der Waals surface area contributed by atoms with E-state index in [0.29, 0.717) is 29.4 Å². The number of ether oxygens (including phenoxy) is 1. The van der Waals surface area contributed by atoms with Crippen molar-refractivity contribution in [2.24, 2.45) is 0 Å². The number of nitrogens with one attached hydrogen (secondary N) is 1. The molecule has 0 radical (unpaired) electrons. The van der Waals surface area contributed by atoms with Crippen LogP contribution in [-0.2, 0) is 4.79 Å². The van der Waals surface area contributed by atoms with Gasteiger partial charge in [-0.1, -0.05) is 31.2 Å². The van der Waals surface area contributed by atoms with E-state index in [1.807, 2.05) is 6.92 Å². The Bertz CT molecular complexity index is 497. The van der Waals surface area contributed by atoms with Gasteiger partial charge in [-0.3, -0.25) is 9.59 Å². The highest BCUT2D eigenvalue weighted by Crippen LogP contribution is 2.23. The van der Waals surface area contributed by atoms with Gasteiger partial charge in [0, 0.05) is 12.6 Å². The van der Waals surface area contributed by atoms with Crippen LogP contribution in [0, 0.1) is 0 Å². The molecular formula is C13H18ClNO3Si. The molecule has 0 saturated heterocycles. The van der Waals surface area contributed by atoms with Crippen molar-refractivity contribution < 1.29 is 14.3 Å². The Hall–Kier alpha value is -1.33. The maximum Gasteiger partial charge on any atom is 0.298 e. The molecule has 1 rings (SSSR count). The van der Waals surface area contributed by atoms with E-state index in [1.165, 1.54) is 6.07 Å². The zero-order valence-corrected chi connectivity index (χ0v) is 13.3. The lowest BCUT2D eigenvalue weighted by Gasteiger charge is -2.22. The summed E-state index contributed by atoms with van der Waals surface area (Å²) in [6.45, 7) is 9.05. The van der Waals surface area contributed by atoms with Crippen LogP contribution in [0.1, 0.15) is 17.3 Å². The van der Waals surface area contributed by atoms with Gasteiger partial charge in [-0.2, -0.15) is 0 Å². The second-order valence-electron chi connectivity index (χ2n) is 5.15. The molecule has 0 unspecified atom stereocenters. The Kier molecular flexibility index (Phi) is 5.14. The van der Waals surface area contributed by atoms with E-state index in [4.69, 9.17) is 16.3 Å². The van der Waals surface area contributed by atoms with Gasteiger partial charge in [0.25, 0.3) is 12.4 Å². The summed E-state index contributed by atoms with van der Waals surface area (Å²) in [5.74, 6) is 0.174. The van der Waals surface area contributed by atoms with Gasteiger partial charge >= 0.3 is 0 Å². The first kappa shape index (κ1) is 15.7. The monoisotopic (exact) mass is 299 g/mol. The highest BCUT2D eigenvalue weighted by molar-refractivity contribution is 6.89. The number of benzene rings is 1. The molecule has 0 aliphatic rings. The lowest BCUT2D eigenvalue weighted by molar-refractivity contribution is -0.120. The van der Waals surface area contributed by atoms with Crippen molar-refractivity contribution in [1.29, 1.82) is 0 Å². The molecule has 19 heavy (non-hydrogen) atoms. The Labute approximate surface area is 119 Å². The number of hydrogen-bond donors (Lipinski definition) is 1. The number of carbonyl (C=O) groups is 2. The van der Waals surface area contributed by atoms with Crippen LogP contribution in [0.25, 0.3) is 0 Å². The largest absolute Gasteiger partial charge is 0.429 e. The summed E-state index contributed by atoms with van der Waals surface area (Å²) in [4.78, 5) is 22.6. The molecule has 0 aliphatic heterocycles. The van der Waals surface area contributed by atoms with Crippen molar-refractivity contribution in [3.8, 4) is 5.75 Å². The van der Waals surface area contributed by atoms with Crippen LogP contribution >= 0.6 is 11.6 Å². The van der Waals surface area contributed by atoms with E-state index >= 15 is 0 Å². The molecule has 0 saturated carbocycles. The molecule has 0 aromatic heterocycles. The molecule has 1 aromatic carbocycles.